The summed E-state index contributed by atoms with van der Waals surface area (Å²) in [7, 11) is 1.86. The van der Waals surface area contributed by atoms with E-state index < -0.39 is 5.97 Å². The zero-order valence-corrected chi connectivity index (χ0v) is 11.7. The summed E-state index contributed by atoms with van der Waals surface area (Å²) in [5, 5.41) is 15.9. The molecule has 0 aliphatic heterocycles. The van der Waals surface area contributed by atoms with Crippen LogP contribution in [0.3, 0.4) is 0 Å². The number of aryl methyl sites for hydroxylation is 1. The molecule has 0 unspecified atom stereocenters. The van der Waals surface area contributed by atoms with Crippen molar-refractivity contribution in [2.45, 2.75) is 0 Å². The van der Waals surface area contributed by atoms with Gasteiger partial charge >= 0.3 is 5.97 Å². The van der Waals surface area contributed by atoms with Crippen molar-refractivity contribution < 1.29 is 9.90 Å². The van der Waals surface area contributed by atoms with E-state index >= 15 is 0 Å². The van der Waals surface area contributed by atoms with Crippen LogP contribution >= 0.6 is 0 Å². The third kappa shape index (κ3) is 1.77. The SMILES string of the molecule is Cn1cc(-c2ccc3cnc4[nH]cc(C(=O)O)c4c3c2)cn1. The first-order valence-corrected chi connectivity index (χ1v) is 6.75. The average Bonchev–Trinajstić information content (AvgIpc) is 3.12. The molecule has 6 nitrogen and oxygen atoms in total. The first kappa shape index (κ1) is 12.6. The molecule has 6 heteroatoms. The second kappa shape index (κ2) is 4.42. The number of H-pyrrole nitrogens is 1. The largest absolute Gasteiger partial charge is 0.478 e. The Bertz CT molecular complexity index is 1030. The van der Waals surface area contributed by atoms with Gasteiger partial charge < -0.3 is 10.1 Å². The summed E-state index contributed by atoms with van der Waals surface area (Å²) in [6.45, 7) is 0. The van der Waals surface area contributed by atoms with Gasteiger partial charge in [-0.3, -0.25) is 4.68 Å². The fraction of sp³-hybridized carbons (Fsp3) is 0.0625. The van der Waals surface area contributed by atoms with Crippen LogP contribution < -0.4 is 0 Å². The van der Waals surface area contributed by atoms with Crippen molar-refractivity contribution in [3.05, 3.63) is 48.5 Å². The highest BCUT2D eigenvalue weighted by molar-refractivity contribution is 6.15. The van der Waals surface area contributed by atoms with E-state index in [-0.39, 0.29) is 5.56 Å². The van der Waals surface area contributed by atoms with Crippen molar-refractivity contribution in [1.82, 2.24) is 19.7 Å². The van der Waals surface area contributed by atoms with Gasteiger partial charge in [0.2, 0.25) is 0 Å². The minimum Gasteiger partial charge on any atom is -0.478 e. The van der Waals surface area contributed by atoms with Gasteiger partial charge in [-0.1, -0.05) is 12.1 Å². The summed E-state index contributed by atoms with van der Waals surface area (Å²) in [6.07, 6.45) is 6.94. The number of pyridine rings is 1. The number of hydrogen-bond donors (Lipinski definition) is 2. The number of rotatable bonds is 2. The Morgan fingerprint density at radius 1 is 1.27 bits per heavy atom. The Hall–Kier alpha value is -3.15. The molecule has 1 aromatic carbocycles. The Labute approximate surface area is 125 Å². The lowest BCUT2D eigenvalue weighted by Gasteiger charge is -2.04. The summed E-state index contributed by atoms with van der Waals surface area (Å²) < 4.78 is 1.74. The van der Waals surface area contributed by atoms with Crippen LogP contribution in [0.5, 0.6) is 0 Å². The zero-order valence-electron chi connectivity index (χ0n) is 11.7. The van der Waals surface area contributed by atoms with Gasteiger partial charge in [0.05, 0.1) is 11.8 Å². The Morgan fingerprint density at radius 3 is 2.86 bits per heavy atom. The number of fused-ring (bicyclic) bond motifs is 3. The molecule has 0 fully saturated rings. The highest BCUT2D eigenvalue weighted by atomic mass is 16.4. The predicted octanol–water partition coefficient (Wildman–Crippen LogP) is 2.81. The first-order chi connectivity index (χ1) is 10.6. The Morgan fingerprint density at radius 2 is 2.14 bits per heavy atom. The minimum absolute atomic E-state index is 0.233. The van der Waals surface area contributed by atoms with Crippen molar-refractivity contribution in [2.24, 2.45) is 7.05 Å². The van der Waals surface area contributed by atoms with E-state index in [1.807, 2.05) is 31.4 Å². The molecule has 0 amide bonds. The molecule has 0 aliphatic carbocycles. The molecule has 4 aromatic rings. The lowest BCUT2D eigenvalue weighted by Crippen LogP contribution is -1.94. The molecule has 3 aromatic heterocycles. The van der Waals surface area contributed by atoms with Gasteiger partial charge in [-0.2, -0.15) is 5.10 Å². The molecule has 4 rings (SSSR count). The van der Waals surface area contributed by atoms with Gasteiger partial charge in [-0.15, -0.1) is 0 Å². The standard InChI is InChI=1S/C16H12N4O2/c1-20-8-11(6-19-20)9-2-3-10-5-17-15-14(12(10)4-9)13(7-18-15)16(21)22/h2-8H,1H3,(H,17,18)(H,21,22). The van der Waals surface area contributed by atoms with Crippen LogP contribution in [0.1, 0.15) is 10.4 Å². The lowest BCUT2D eigenvalue weighted by molar-refractivity contribution is 0.0699. The number of nitrogens with one attached hydrogen (secondary N) is 1. The molecule has 2 N–H and O–H groups in total. The average molecular weight is 292 g/mol. The van der Waals surface area contributed by atoms with E-state index in [2.05, 4.69) is 15.1 Å². The van der Waals surface area contributed by atoms with E-state index in [4.69, 9.17) is 0 Å². The highest BCUT2D eigenvalue weighted by Gasteiger charge is 2.15. The number of benzene rings is 1. The number of aromatic amines is 1. The molecule has 0 atom stereocenters. The smallest absolute Gasteiger partial charge is 0.337 e. The maximum Gasteiger partial charge on any atom is 0.337 e. The molecule has 0 spiro atoms. The van der Waals surface area contributed by atoms with Crippen LogP contribution in [0.15, 0.2) is 43.0 Å². The van der Waals surface area contributed by atoms with E-state index in [1.165, 1.54) is 6.20 Å². The summed E-state index contributed by atoms with van der Waals surface area (Å²) in [5.74, 6) is -0.965. The van der Waals surface area contributed by atoms with Crippen LogP contribution in [0.2, 0.25) is 0 Å². The Kier molecular flexibility index (Phi) is 2.53. The molecule has 0 saturated carbocycles. The van der Waals surface area contributed by atoms with Gasteiger partial charge in [0.15, 0.2) is 0 Å². The maximum atomic E-state index is 11.4. The molecule has 22 heavy (non-hydrogen) atoms. The van der Waals surface area contributed by atoms with Gasteiger partial charge in [-0.05, 0) is 17.0 Å². The lowest BCUT2D eigenvalue weighted by atomic mass is 10.0. The molecule has 0 aliphatic rings. The highest BCUT2D eigenvalue weighted by Crippen LogP contribution is 2.30. The van der Waals surface area contributed by atoms with Gasteiger partial charge in [0.25, 0.3) is 0 Å². The van der Waals surface area contributed by atoms with Crippen LogP contribution in [0.25, 0.3) is 32.9 Å². The molecule has 0 saturated heterocycles. The topological polar surface area (TPSA) is 83.8 Å². The second-order valence-electron chi connectivity index (χ2n) is 5.19. The number of aromatic nitrogens is 4. The third-order valence-corrected chi connectivity index (χ3v) is 3.78. The number of carboxylic acids is 1. The van der Waals surface area contributed by atoms with Crippen molar-refractivity contribution >= 4 is 27.8 Å². The van der Waals surface area contributed by atoms with Crippen LogP contribution in [0.4, 0.5) is 0 Å². The summed E-state index contributed by atoms with van der Waals surface area (Å²) in [4.78, 5) is 18.6. The molecule has 0 bridgehead atoms. The predicted molar refractivity (Wildman–Crippen MR) is 82.8 cm³/mol. The summed E-state index contributed by atoms with van der Waals surface area (Å²) in [6, 6.07) is 5.92. The van der Waals surface area contributed by atoms with Crippen molar-refractivity contribution in [1.29, 1.82) is 0 Å². The molecular weight excluding hydrogens is 280 g/mol. The van der Waals surface area contributed by atoms with Crippen LogP contribution in [0, 0.1) is 0 Å². The first-order valence-electron chi connectivity index (χ1n) is 6.75. The third-order valence-electron chi connectivity index (χ3n) is 3.78. The van der Waals surface area contributed by atoms with E-state index in [0.717, 1.165) is 21.9 Å². The number of carbonyl (C=O) groups is 1. The fourth-order valence-electron chi connectivity index (χ4n) is 2.72. The normalized spacial score (nSPS) is 11.3. The Balaban J connectivity index is 2.06. The van der Waals surface area contributed by atoms with Gasteiger partial charge in [0, 0.05) is 42.0 Å². The summed E-state index contributed by atoms with van der Waals surface area (Å²) >= 11 is 0. The fourth-order valence-corrected chi connectivity index (χ4v) is 2.72. The van der Waals surface area contributed by atoms with Crippen LogP contribution in [-0.2, 0) is 7.05 Å². The molecular formula is C16H12N4O2. The quantitative estimate of drug-likeness (QED) is 0.595. The van der Waals surface area contributed by atoms with Crippen molar-refractivity contribution in [3.8, 4) is 11.1 Å². The van der Waals surface area contributed by atoms with Crippen LogP contribution in [-0.4, -0.2) is 30.8 Å². The molecule has 108 valence electrons. The number of nitrogens with zero attached hydrogens (tertiary/aromatic N) is 3. The van der Waals surface area contributed by atoms with E-state index in [1.54, 1.807) is 17.1 Å². The minimum atomic E-state index is -0.965. The van der Waals surface area contributed by atoms with Crippen molar-refractivity contribution in [3.63, 3.8) is 0 Å². The van der Waals surface area contributed by atoms with Crippen molar-refractivity contribution in [2.75, 3.05) is 0 Å². The maximum absolute atomic E-state index is 11.4. The van der Waals surface area contributed by atoms with E-state index in [9.17, 15) is 9.90 Å². The number of carboxylic acid groups (broad SMARTS) is 1. The summed E-state index contributed by atoms with van der Waals surface area (Å²) in [5.41, 5.74) is 2.79. The number of hydrogen-bond acceptors (Lipinski definition) is 3. The monoisotopic (exact) mass is 292 g/mol. The number of aromatic carboxylic acids is 1. The second-order valence-corrected chi connectivity index (χ2v) is 5.19. The van der Waals surface area contributed by atoms with Gasteiger partial charge in [0.1, 0.15) is 5.65 Å². The van der Waals surface area contributed by atoms with E-state index in [0.29, 0.717) is 11.0 Å². The van der Waals surface area contributed by atoms with Gasteiger partial charge in [-0.25, -0.2) is 9.78 Å². The zero-order chi connectivity index (χ0) is 15.3. The molecule has 0 radical (unpaired) electrons. The molecule has 3 heterocycles.